The van der Waals surface area contributed by atoms with Gasteiger partial charge in [-0.15, -0.1) is 0 Å². The molecule has 1 aliphatic heterocycles. The summed E-state index contributed by atoms with van der Waals surface area (Å²) in [4.78, 5) is 6.59. The van der Waals surface area contributed by atoms with Gasteiger partial charge in [0.05, 0.1) is 12.6 Å². The number of guanidine groups is 1. The summed E-state index contributed by atoms with van der Waals surface area (Å²) >= 11 is 7.88. The van der Waals surface area contributed by atoms with Crippen molar-refractivity contribution in [2.75, 3.05) is 17.7 Å². The number of halogens is 1. The van der Waals surface area contributed by atoms with E-state index in [1.54, 1.807) is 0 Å². The van der Waals surface area contributed by atoms with Crippen LogP contribution in [0.15, 0.2) is 29.3 Å². The maximum atomic E-state index is 6.05. The molecule has 1 unspecified atom stereocenters. The van der Waals surface area contributed by atoms with Crippen LogP contribution in [-0.4, -0.2) is 29.5 Å². The quantitative estimate of drug-likeness (QED) is 0.926. The van der Waals surface area contributed by atoms with Gasteiger partial charge in [-0.2, -0.15) is 11.8 Å². The molecule has 1 heterocycles. The molecular formula is C13H16ClN3S. The molecule has 1 aromatic carbocycles. The van der Waals surface area contributed by atoms with Gasteiger partial charge in [0.25, 0.3) is 0 Å². The van der Waals surface area contributed by atoms with E-state index in [0.717, 1.165) is 17.3 Å². The average molecular weight is 282 g/mol. The zero-order valence-electron chi connectivity index (χ0n) is 10.3. The predicted molar refractivity (Wildman–Crippen MR) is 79.7 cm³/mol. The van der Waals surface area contributed by atoms with E-state index in [4.69, 9.17) is 17.3 Å². The molecule has 1 saturated carbocycles. The molecule has 1 aromatic rings. The minimum atomic E-state index is 0.338. The highest BCUT2D eigenvalue weighted by Gasteiger charge is 2.53. The molecular weight excluding hydrogens is 266 g/mol. The third-order valence-electron chi connectivity index (χ3n) is 3.85. The van der Waals surface area contributed by atoms with Crippen LogP contribution in [-0.2, 0) is 0 Å². The van der Waals surface area contributed by atoms with Crippen molar-refractivity contribution < 1.29 is 0 Å². The minimum Gasteiger partial charge on any atom is -0.370 e. The lowest BCUT2D eigenvalue weighted by molar-refractivity contribution is 0.664. The Balaban J connectivity index is 1.92. The van der Waals surface area contributed by atoms with E-state index in [1.165, 1.54) is 12.8 Å². The number of nitrogens with zero attached hydrogens (tertiary/aromatic N) is 2. The number of aliphatic imine (C=N–C) groups is 1. The Labute approximate surface area is 116 Å². The molecule has 0 amide bonds. The Bertz CT molecular complexity index is 482. The number of hydrogen-bond acceptors (Lipinski definition) is 4. The molecule has 0 spiro atoms. The Morgan fingerprint density at radius 2 is 2.06 bits per heavy atom. The SMILES string of the molecule is CSC1(C2CN=C(N)N2c2ccc(Cl)cc2)CC1. The van der Waals surface area contributed by atoms with E-state index in [0.29, 0.717) is 16.7 Å². The van der Waals surface area contributed by atoms with Crippen molar-refractivity contribution >= 4 is 35.0 Å². The van der Waals surface area contributed by atoms with Crippen LogP contribution in [0.4, 0.5) is 5.69 Å². The van der Waals surface area contributed by atoms with E-state index >= 15 is 0 Å². The molecule has 0 saturated heterocycles. The lowest BCUT2D eigenvalue weighted by Crippen LogP contribution is -2.47. The highest BCUT2D eigenvalue weighted by atomic mass is 35.5. The van der Waals surface area contributed by atoms with Crippen molar-refractivity contribution in [1.82, 2.24) is 0 Å². The lowest BCUT2D eigenvalue weighted by Gasteiger charge is -2.32. The standard InChI is InChI=1S/C13H16ClN3S/c1-18-13(6-7-13)11-8-16-12(15)17(11)10-4-2-9(14)3-5-10/h2-5,11H,6-8H2,1H3,(H2,15,16). The molecule has 2 N–H and O–H groups in total. The lowest BCUT2D eigenvalue weighted by atomic mass is 10.1. The van der Waals surface area contributed by atoms with Crippen molar-refractivity contribution in [3.8, 4) is 0 Å². The molecule has 3 rings (SSSR count). The zero-order valence-corrected chi connectivity index (χ0v) is 11.8. The van der Waals surface area contributed by atoms with Crippen LogP contribution in [0.25, 0.3) is 0 Å². The van der Waals surface area contributed by atoms with E-state index < -0.39 is 0 Å². The van der Waals surface area contributed by atoms with Crippen molar-refractivity contribution in [3.63, 3.8) is 0 Å². The van der Waals surface area contributed by atoms with E-state index in [-0.39, 0.29) is 0 Å². The third-order valence-corrected chi connectivity index (χ3v) is 5.59. The summed E-state index contributed by atoms with van der Waals surface area (Å²) in [6.07, 6.45) is 4.69. The molecule has 1 fully saturated rings. The minimum absolute atomic E-state index is 0.338. The summed E-state index contributed by atoms with van der Waals surface area (Å²) in [7, 11) is 0. The molecule has 0 bridgehead atoms. The fraction of sp³-hybridized carbons (Fsp3) is 0.462. The number of nitrogens with two attached hydrogens (primary N) is 1. The van der Waals surface area contributed by atoms with Crippen LogP contribution in [0.5, 0.6) is 0 Å². The fourth-order valence-corrected chi connectivity index (χ4v) is 3.70. The highest BCUT2D eigenvalue weighted by Crippen LogP contribution is 2.53. The van der Waals surface area contributed by atoms with Gasteiger partial charge in [-0.1, -0.05) is 11.6 Å². The summed E-state index contributed by atoms with van der Waals surface area (Å²) in [5.74, 6) is 0.627. The monoisotopic (exact) mass is 281 g/mol. The molecule has 2 aliphatic rings. The Kier molecular flexibility index (Phi) is 2.94. The van der Waals surface area contributed by atoms with Crippen molar-refractivity contribution in [2.24, 2.45) is 10.7 Å². The summed E-state index contributed by atoms with van der Waals surface area (Å²) in [6.45, 7) is 0.801. The Morgan fingerprint density at radius 3 is 2.61 bits per heavy atom. The molecule has 5 heteroatoms. The maximum Gasteiger partial charge on any atom is 0.196 e. The van der Waals surface area contributed by atoms with Gasteiger partial charge in [0.2, 0.25) is 0 Å². The number of rotatable bonds is 3. The van der Waals surface area contributed by atoms with Crippen LogP contribution < -0.4 is 10.6 Å². The Morgan fingerprint density at radius 1 is 1.39 bits per heavy atom. The fourth-order valence-electron chi connectivity index (χ4n) is 2.61. The van der Waals surface area contributed by atoms with Crippen LogP contribution in [0, 0.1) is 0 Å². The normalized spacial score (nSPS) is 25.1. The first-order valence-electron chi connectivity index (χ1n) is 6.06. The second-order valence-electron chi connectivity index (χ2n) is 4.83. The number of anilines is 1. The van der Waals surface area contributed by atoms with Gasteiger partial charge in [0.15, 0.2) is 5.96 Å². The van der Waals surface area contributed by atoms with Crippen LogP contribution in [0.2, 0.25) is 5.02 Å². The van der Waals surface area contributed by atoms with Gasteiger partial charge in [-0.05, 0) is 43.4 Å². The summed E-state index contributed by atoms with van der Waals surface area (Å²) in [5.41, 5.74) is 7.14. The third kappa shape index (κ3) is 1.88. The van der Waals surface area contributed by atoms with Gasteiger partial charge >= 0.3 is 0 Å². The molecule has 3 nitrogen and oxygen atoms in total. The topological polar surface area (TPSA) is 41.6 Å². The largest absolute Gasteiger partial charge is 0.370 e. The second-order valence-corrected chi connectivity index (χ2v) is 6.49. The molecule has 1 atom stereocenters. The summed E-state index contributed by atoms with van der Waals surface area (Å²) in [5, 5.41) is 0.746. The molecule has 96 valence electrons. The number of thioether (sulfide) groups is 1. The van der Waals surface area contributed by atoms with Crippen molar-refractivity contribution in [1.29, 1.82) is 0 Å². The van der Waals surface area contributed by atoms with Crippen LogP contribution in [0.1, 0.15) is 12.8 Å². The average Bonchev–Trinajstić information content (AvgIpc) is 3.08. The van der Waals surface area contributed by atoms with Gasteiger partial charge in [-0.25, -0.2) is 0 Å². The van der Waals surface area contributed by atoms with Crippen LogP contribution >= 0.6 is 23.4 Å². The van der Waals surface area contributed by atoms with Crippen molar-refractivity contribution in [3.05, 3.63) is 29.3 Å². The van der Waals surface area contributed by atoms with Gasteiger partial charge in [-0.3, -0.25) is 4.99 Å². The van der Waals surface area contributed by atoms with E-state index in [1.807, 2.05) is 36.0 Å². The second kappa shape index (κ2) is 4.35. The first kappa shape index (κ1) is 12.2. The number of benzene rings is 1. The predicted octanol–water partition coefficient (Wildman–Crippen LogP) is 2.74. The summed E-state index contributed by atoms with van der Waals surface area (Å²) < 4.78 is 0.338. The summed E-state index contributed by atoms with van der Waals surface area (Å²) in [6, 6.07) is 8.21. The molecule has 18 heavy (non-hydrogen) atoms. The molecule has 0 radical (unpaired) electrons. The van der Waals surface area contributed by atoms with Gasteiger partial charge < -0.3 is 10.6 Å². The maximum absolute atomic E-state index is 6.05. The van der Waals surface area contributed by atoms with E-state index in [9.17, 15) is 0 Å². The van der Waals surface area contributed by atoms with Crippen LogP contribution in [0.3, 0.4) is 0 Å². The van der Waals surface area contributed by atoms with Crippen molar-refractivity contribution in [2.45, 2.75) is 23.6 Å². The smallest absolute Gasteiger partial charge is 0.196 e. The Hall–Kier alpha value is -0.870. The number of hydrogen-bond donors (Lipinski definition) is 1. The zero-order chi connectivity index (χ0) is 12.8. The molecule has 0 aromatic heterocycles. The highest BCUT2D eigenvalue weighted by molar-refractivity contribution is 8.00. The van der Waals surface area contributed by atoms with Gasteiger partial charge in [0, 0.05) is 15.5 Å². The van der Waals surface area contributed by atoms with E-state index in [2.05, 4.69) is 16.1 Å². The van der Waals surface area contributed by atoms with Gasteiger partial charge in [0.1, 0.15) is 0 Å². The molecule has 1 aliphatic carbocycles. The first-order valence-corrected chi connectivity index (χ1v) is 7.66. The first-order chi connectivity index (χ1) is 8.66.